The number of aliphatic carboxylic acids is 1. The van der Waals surface area contributed by atoms with Crippen molar-refractivity contribution in [3.05, 3.63) is 76.5 Å². The van der Waals surface area contributed by atoms with Gasteiger partial charge in [-0.15, -0.1) is 11.8 Å². The number of carboxylic acids is 1. The van der Waals surface area contributed by atoms with Gasteiger partial charge in [0.25, 0.3) is 11.1 Å². The van der Waals surface area contributed by atoms with Crippen LogP contribution in [0.4, 0.5) is 0 Å². The predicted octanol–water partition coefficient (Wildman–Crippen LogP) is 2.42. The number of carbonyl (C=O) groups is 4. The molecule has 3 amide bonds. The summed E-state index contributed by atoms with van der Waals surface area (Å²) in [7, 11) is 0. The Morgan fingerprint density at radius 2 is 1.95 bits per heavy atom. The molecular weight excluding hydrogens is 568 g/mol. The fraction of sp³-hybridized carbons (Fsp3) is 0.250. The molecule has 2 saturated heterocycles. The van der Waals surface area contributed by atoms with Crippen molar-refractivity contribution in [1.82, 2.24) is 20.5 Å². The molecule has 6 rings (SSSR count). The largest absolute Gasteiger partial charge is 0.508 e. The number of para-hydroxylation sites is 2. The number of hydrogen-bond acceptors (Lipinski definition) is 9. The molecule has 2 fully saturated rings. The van der Waals surface area contributed by atoms with Crippen molar-refractivity contribution in [3.8, 4) is 5.75 Å². The normalized spacial score (nSPS) is 21.4. The highest BCUT2D eigenvalue weighted by Gasteiger charge is 2.54. The van der Waals surface area contributed by atoms with Gasteiger partial charge in [-0.3, -0.25) is 19.3 Å². The van der Waals surface area contributed by atoms with Crippen LogP contribution in [-0.2, 0) is 25.6 Å². The van der Waals surface area contributed by atoms with Crippen LogP contribution in [0, 0.1) is 0 Å². The Balaban J connectivity index is 1.21. The van der Waals surface area contributed by atoms with Crippen LogP contribution in [0.25, 0.3) is 11.1 Å². The van der Waals surface area contributed by atoms with Crippen molar-refractivity contribution in [2.75, 3.05) is 18.1 Å². The number of nitrogens with one attached hydrogen (secondary N) is 2. The number of hydrogen-bond donors (Lipinski definition) is 4. The topological polar surface area (TPSA) is 162 Å². The first-order valence-electron chi connectivity index (χ1n) is 12.8. The number of fused-ring (bicyclic) bond motifs is 2. The first-order valence-corrected chi connectivity index (χ1v) is 14.8. The van der Waals surface area contributed by atoms with E-state index in [4.69, 9.17) is 4.42 Å². The third-order valence-corrected chi connectivity index (χ3v) is 9.18. The molecule has 0 aliphatic carbocycles. The Labute approximate surface area is 242 Å². The van der Waals surface area contributed by atoms with Crippen LogP contribution < -0.4 is 10.6 Å². The van der Waals surface area contributed by atoms with Gasteiger partial charge in [0, 0.05) is 17.9 Å². The van der Waals surface area contributed by atoms with Crippen LogP contribution in [0.15, 0.2) is 80.6 Å². The molecule has 0 radical (unpaired) electrons. The van der Waals surface area contributed by atoms with Crippen molar-refractivity contribution >= 4 is 58.3 Å². The summed E-state index contributed by atoms with van der Waals surface area (Å²) in [6.07, 6.45) is 0.691. The van der Waals surface area contributed by atoms with E-state index in [2.05, 4.69) is 15.6 Å². The van der Waals surface area contributed by atoms with E-state index in [0.29, 0.717) is 46.0 Å². The number of nitrogens with zero attached hydrogens (tertiary/aromatic N) is 2. The lowest BCUT2D eigenvalue weighted by Gasteiger charge is -2.49. The van der Waals surface area contributed by atoms with E-state index in [1.54, 1.807) is 24.3 Å². The second kappa shape index (κ2) is 11.0. The van der Waals surface area contributed by atoms with Crippen LogP contribution in [0.2, 0.25) is 0 Å². The number of phenolic OH excluding ortho intramolecular Hbond substituents is 1. The van der Waals surface area contributed by atoms with E-state index in [0.717, 1.165) is 17.3 Å². The SMILES string of the molecule is O=C(CSc1nc2ccccc2o1)N[C@@H]1C(=O)N2C(C(=O)O)=C(C(Cc3ccc(O)cc3)=C3CCNC3=O)CS[C@H]12. The highest BCUT2D eigenvalue weighted by Crippen LogP contribution is 2.44. The number of allylic oxidation sites excluding steroid dienone is 1. The zero-order valence-electron chi connectivity index (χ0n) is 21.5. The molecule has 0 bridgehead atoms. The lowest BCUT2D eigenvalue weighted by atomic mass is 9.90. The van der Waals surface area contributed by atoms with Crippen LogP contribution in [-0.4, -0.2) is 73.3 Å². The Morgan fingerprint density at radius 1 is 1.17 bits per heavy atom. The van der Waals surface area contributed by atoms with Crippen LogP contribution >= 0.6 is 23.5 Å². The molecule has 0 unspecified atom stereocenters. The van der Waals surface area contributed by atoms with Crippen LogP contribution in [0.1, 0.15) is 12.0 Å². The van der Waals surface area contributed by atoms with Gasteiger partial charge in [-0.1, -0.05) is 36.0 Å². The summed E-state index contributed by atoms with van der Waals surface area (Å²) in [6.45, 7) is 0.441. The zero-order chi connectivity index (χ0) is 28.7. The molecule has 3 aliphatic heterocycles. The Morgan fingerprint density at radius 3 is 2.66 bits per heavy atom. The molecule has 0 spiro atoms. The lowest BCUT2D eigenvalue weighted by molar-refractivity contribution is -0.150. The quantitative estimate of drug-likeness (QED) is 0.174. The van der Waals surface area contributed by atoms with Gasteiger partial charge < -0.3 is 25.3 Å². The molecule has 2 aromatic carbocycles. The first kappa shape index (κ1) is 27.0. The Bertz CT molecular complexity index is 1610. The first-order chi connectivity index (χ1) is 19.8. The average Bonchev–Trinajstić information content (AvgIpc) is 3.59. The van der Waals surface area contributed by atoms with Gasteiger partial charge in [-0.05, 0) is 53.8 Å². The third-order valence-electron chi connectivity index (χ3n) is 7.07. The maximum atomic E-state index is 13.2. The number of aromatic hydroxyl groups is 1. The zero-order valence-corrected chi connectivity index (χ0v) is 23.1. The summed E-state index contributed by atoms with van der Waals surface area (Å²) in [5.74, 6) is -2.17. The fourth-order valence-corrected chi connectivity index (χ4v) is 7.16. The van der Waals surface area contributed by atoms with Gasteiger partial charge in [0.05, 0.1) is 5.75 Å². The van der Waals surface area contributed by atoms with Gasteiger partial charge in [-0.2, -0.15) is 0 Å². The molecule has 3 aliphatic rings. The number of rotatable bonds is 8. The molecule has 0 saturated carbocycles. The third kappa shape index (κ3) is 5.18. The monoisotopic (exact) mass is 592 g/mol. The fourth-order valence-electron chi connectivity index (χ4n) is 5.13. The maximum absolute atomic E-state index is 13.2. The highest BCUT2D eigenvalue weighted by atomic mass is 32.2. The van der Waals surface area contributed by atoms with E-state index >= 15 is 0 Å². The van der Waals surface area contributed by atoms with Crippen molar-refractivity contribution < 1.29 is 33.8 Å². The number of phenols is 1. The van der Waals surface area contributed by atoms with Crippen LogP contribution in [0.5, 0.6) is 5.75 Å². The number of aromatic nitrogens is 1. The van der Waals surface area contributed by atoms with Gasteiger partial charge in [0.15, 0.2) is 5.58 Å². The molecule has 11 nitrogen and oxygen atoms in total. The number of carboxylic acid groups (broad SMARTS) is 1. The molecule has 210 valence electrons. The second-order valence-electron chi connectivity index (χ2n) is 9.63. The Kier molecular flexibility index (Phi) is 7.22. The smallest absolute Gasteiger partial charge is 0.352 e. The number of β-lactam (4-membered cyclic amide) rings is 1. The Hall–Kier alpha value is -4.23. The molecule has 2 atom stereocenters. The van der Waals surface area contributed by atoms with Crippen molar-refractivity contribution in [3.63, 3.8) is 0 Å². The molecule has 13 heteroatoms. The summed E-state index contributed by atoms with van der Waals surface area (Å²) in [5, 5.41) is 25.1. The second-order valence-corrected chi connectivity index (χ2v) is 11.7. The van der Waals surface area contributed by atoms with Crippen molar-refractivity contribution in [2.24, 2.45) is 0 Å². The van der Waals surface area contributed by atoms with E-state index < -0.39 is 29.2 Å². The van der Waals surface area contributed by atoms with Crippen molar-refractivity contribution in [2.45, 2.75) is 29.5 Å². The summed E-state index contributed by atoms with van der Waals surface area (Å²) in [6, 6.07) is 12.8. The molecule has 4 N–H and O–H groups in total. The maximum Gasteiger partial charge on any atom is 0.352 e. The van der Waals surface area contributed by atoms with E-state index in [-0.39, 0.29) is 35.3 Å². The van der Waals surface area contributed by atoms with Crippen LogP contribution in [0.3, 0.4) is 0 Å². The standard InChI is InChI=1S/C28H24N4O7S2/c33-15-7-5-14(6-8-15)11-17(16-9-10-29-24(16)35)18-12-40-26-22(25(36)32(26)23(18)27(37)38)31-21(34)13-41-28-30-19-3-1-2-4-20(19)39-28/h1-8,22,26,33H,9-13H2,(H,29,35)(H,31,34)(H,37,38)/t22-,26-/m1/s1. The molecule has 1 aromatic heterocycles. The molecule has 3 aromatic rings. The highest BCUT2D eigenvalue weighted by molar-refractivity contribution is 8.00. The molecule has 4 heterocycles. The molecular formula is C28H24N4O7S2. The van der Waals surface area contributed by atoms with E-state index in [1.165, 1.54) is 28.8 Å². The average molecular weight is 593 g/mol. The van der Waals surface area contributed by atoms with Gasteiger partial charge in [-0.25, -0.2) is 9.78 Å². The van der Waals surface area contributed by atoms with E-state index in [9.17, 15) is 29.4 Å². The molecule has 41 heavy (non-hydrogen) atoms. The summed E-state index contributed by atoms with van der Waals surface area (Å²) >= 11 is 2.44. The minimum Gasteiger partial charge on any atom is -0.508 e. The number of amides is 3. The number of thioether (sulfide) groups is 2. The number of oxazole rings is 1. The van der Waals surface area contributed by atoms with E-state index in [1.807, 2.05) is 12.1 Å². The van der Waals surface area contributed by atoms with Gasteiger partial charge in [0.2, 0.25) is 11.8 Å². The summed E-state index contributed by atoms with van der Waals surface area (Å²) in [5.41, 5.74) is 3.35. The summed E-state index contributed by atoms with van der Waals surface area (Å²) in [4.78, 5) is 56.7. The van der Waals surface area contributed by atoms with Crippen molar-refractivity contribution in [1.29, 1.82) is 0 Å². The minimum absolute atomic E-state index is 0.0289. The number of carbonyl (C=O) groups excluding carboxylic acids is 3. The lowest BCUT2D eigenvalue weighted by Crippen LogP contribution is -2.70. The summed E-state index contributed by atoms with van der Waals surface area (Å²) < 4.78 is 5.62. The van der Waals surface area contributed by atoms with Gasteiger partial charge >= 0.3 is 5.97 Å². The minimum atomic E-state index is -1.28. The predicted molar refractivity (Wildman–Crippen MR) is 151 cm³/mol. The number of benzene rings is 2. The van der Waals surface area contributed by atoms with Gasteiger partial charge in [0.1, 0.15) is 28.4 Å².